The molecule has 0 spiro atoms. The predicted octanol–water partition coefficient (Wildman–Crippen LogP) is 1.04. The summed E-state index contributed by atoms with van der Waals surface area (Å²) in [5.74, 6) is -0.212. The van der Waals surface area contributed by atoms with E-state index in [0.29, 0.717) is 19.5 Å². The van der Waals surface area contributed by atoms with Gasteiger partial charge >= 0.3 is 0 Å². The van der Waals surface area contributed by atoms with Crippen LogP contribution >= 0.6 is 0 Å². The number of nitrogens with one attached hydrogen (secondary N) is 1. The molecular formula is C14H20N2O3S. The zero-order valence-corrected chi connectivity index (χ0v) is 12.6. The van der Waals surface area contributed by atoms with Crippen LogP contribution in [-0.4, -0.2) is 37.5 Å². The third kappa shape index (κ3) is 3.37. The minimum absolute atomic E-state index is 0.212. The quantitative estimate of drug-likeness (QED) is 0.902. The fourth-order valence-electron chi connectivity index (χ4n) is 2.51. The van der Waals surface area contributed by atoms with E-state index in [2.05, 4.69) is 5.32 Å². The highest BCUT2D eigenvalue weighted by Gasteiger charge is 2.36. The van der Waals surface area contributed by atoms with Crippen LogP contribution in [0.2, 0.25) is 0 Å². The third-order valence-electron chi connectivity index (χ3n) is 3.65. The summed E-state index contributed by atoms with van der Waals surface area (Å²) in [4.78, 5) is 12.2. The smallest absolute Gasteiger partial charge is 0.238 e. The second-order valence-electron chi connectivity index (χ2n) is 5.18. The van der Waals surface area contributed by atoms with E-state index in [1.807, 2.05) is 31.2 Å². The fraction of sp³-hybridized carbons (Fsp3) is 0.500. The average molecular weight is 296 g/mol. The molecule has 0 aliphatic carbocycles. The van der Waals surface area contributed by atoms with Gasteiger partial charge in [0.2, 0.25) is 15.9 Å². The van der Waals surface area contributed by atoms with Crippen LogP contribution in [0, 0.1) is 6.92 Å². The van der Waals surface area contributed by atoms with Gasteiger partial charge < -0.3 is 5.32 Å². The van der Waals surface area contributed by atoms with E-state index in [4.69, 9.17) is 0 Å². The molecule has 1 saturated heterocycles. The molecule has 0 radical (unpaired) electrons. The first-order chi connectivity index (χ1) is 9.39. The second kappa shape index (κ2) is 5.93. The van der Waals surface area contributed by atoms with Gasteiger partial charge in [-0.05, 0) is 30.9 Å². The zero-order valence-electron chi connectivity index (χ0n) is 11.8. The van der Waals surface area contributed by atoms with E-state index in [1.54, 1.807) is 0 Å². The highest BCUT2D eigenvalue weighted by Crippen LogP contribution is 2.20. The number of amides is 1. The van der Waals surface area contributed by atoms with E-state index in [9.17, 15) is 13.2 Å². The van der Waals surface area contributed by atoms with Gasteiger partial charge in [-0.1, -0.05) is 24.3 Å². The van der Waals surface area contributed by atoms with Gasteiger partial charge in [-0.2, -0.15) is 4.31 Å². The summed E-state index contributed by atoms with van der Waals surface area (Å²) in [5.41, 5.74) is 2.16. The molecule has 1 atom stereocenters. The number of carbonyl (C=O) groups excluding carboxylic acids is 1. The van der Waals surface area contributed by atoms with E-state index < -0.39 is 16.1 Å². The van der Waals surface area contributed by atoms with Gasteiger partial charge in [0, 0.05) is 13.1 Å². The number of nitrogens with zero attached hydrogens (tertiary/aromatic N) is 1. The molecule has 0 saturated carbocycles. The molecule has 1 N–H and O–H groups in total. The van der Waals surface area contributed by atoms with Crippen LogP contribution in [0.4, 0.5) is 0 Å². The Hall–Kier alpha value is -1.40. The molecular weight excluding hydrogens is 276 g/mol. The molecule has 1 aromatic rings. The van der Waals surface area contributed by atoms with Crippen molar-refractivity contribution < 1.29 is 13.2 Å². The number of aryl methyl sites for hydroxylation is 1. The highest BCUT2D eigenvalue weighted by molar-refractivity contribution is 7.88. The average Bonchev–Trinajstić information content (AvgIpc) is 2.86. The molecule has 1 aliphatic rings. The van der Waals surface area contributed by atoms with Gasteiger partial charge in [-0.25, -0.2) is 8.42 Å². The van der Waals surface area contributed by atoms with Crippen LogP contribution in [0.3, 0.4) is 0 Å². The van der Waals surface area contributed by atoms with Crippen LogP contribution in [0.1, 0.15) is 24.0 Å². The normalized spacial score (nSPS) is 20.0. The maximum Gasteiger partial charge on any atom is 0.238 e. The Labute approximate surface area is 120 Å². The summed E-state index contributed by atoms with van der Waals surface area (Å²) in [6.07, 6.45) is 2.47. The minimum atomic E-state index is -3.32. The molecule has 1 aliphatic heterocycles. The van der Waals surface area contributed by atoms with Crippen molar-refractivity contribution in [1.82, 2.24) is 9.62 Å². The maximum atomic E-state index is 12.2. The molecule has 6 heteroatoms. The molecule has 20 heavy (non-hydrogen) atoms. The standard InChI is InChI=1S/C14H20N2O3S/c1-11-6-3-4-7-12(11)10-15-14(17)13-8-5-9-16(13)20(2,18)19/h3-4,6-7,13H,5,8-10H2,1-2H3,(H,15,17). The van der Waals surface area contributed by atoms with Crippen molar-refractivity contribution in [2.75, 3.05) is 12.8 Å². The van der Waals surface area contributed by atoms with Gasteiger partial charge in [0.1, 0.15) is 6.04 Å². The van der Waals surface area contributed by atoms with Gasteiger partial charge in [0.25, 0.3) is 0 Å². The summed E-state index contributed by atoms with van der Waals surface area (Å²) in [6, 6.07) is 7.25. The lowest BCUT2D eigenvalue weighted by molar-refractivity contribution is -0.124. The van der Waals surface area contributed by atoms with Crippen LogP contribution in [0.25, 0.3) is 0 Å². The minimum Gasteiger partial charge on any atom is -0.351 e. The lowest BCUT2D eigenvalue weighted by Gasteiger charge is -2.21. The van der Waals surface area contributed by atoms with Gasteiger partial charge in [-0.3, -0.25) is 4.79 Å². The summed E-state index contributed by atoms with van der Waals surface area (Å²) in [7, 11) is -3.32. The maximum absolute atomic E-state index is 12.2. The molecule has 1 amide bonds. The van der Waals surface area contributed by atoms with E-state index in [1.165, 1.54) is 4.31 Å². The van der Waals surface area contributed by atoms with Gasteiger partial charge in [0.15, 0.2) is 0 Å². The first-order valence-corrected chi connectivity index (χ1v) is 8.53. The summed E-state index contributed by atoms with van der Waals surface area (Å²) in [6.45, 7) is 2.85. The Morgan fingerprint density at radius 1 is 1.40 bits per heavy atom. The van der Waals surface area contributed by atoms with Gasteiger partial charge in [-0.15, -0.1) is 0 Å². The molecule has 1 fully saturated rings. The molecule has 1 unspecified atom stereocenters. The molecule has 1 aromatic carbocycles. The monoisotopic (exact) mass is 296 g/mol. The molecule has 110 valence electrons. The van der Waals surface area contributed by atoms with E-state index in [-0.39, 0.29) is 5.91 Å². The second-order valence-corrected chi connectivity index (χ2v) is 7.11. The van der Waals surface area contributed by atoms with E-state index in [0.717, 1.165) is 23.8 Å². The number of benzene rings is 1. The summed E-state index contributed by atoms with van der Waals surface area (Å²) in [5, 5.41) is 2.84. The Bertz CT molecular complexity index is 598. The number of hydrogen-bond acceptors (Lipinski definition) is 3. The van der Waals surface area contributed by atoms with Crippen molar-refractivity contribution in [2.24, 2.45) is 0 Å². The summed E-state index contributed by atoms with van der Waals surface area (Å²) < 4.78 is 24.5. The number of rotatable bonds is 4. The zero-order chi connectivity index (χ0) is 14.8. The van der Waals surface area contributed by atoms with Crippen LogP contribution < -0.4 is 5.32 Å². The van der Waals surface area contributed by atoms with Crippen LogP contribution in [0.5, 0.6) is 0 Å². The Morgan fingerprint density at radius 2 is 2.10 bits per heavy atom. The van der Waals surface area contributed by atoms with E-state index >= 15 is 0 Å². The highest BCUT2D eigenvalue weighted by atomic mass is 32.2. The first-order valence-electron chi connectivity index (χ1n) is 6.68. The largest absolute Gasteiger partial charge is 0.351 e. The Morgan fingerprint density at radius 3 is 2.75 bits per heavy atom. The van der Waals surface area contributed by atoms with Crippen LogP contribution in [0.15, 0.2) is 24.3 Å². The Kier molecular flexibility index (Phi) is 4.45. The van der Waals surface area contributed by atoms with Crippen molar-refractivity contribution in [3.63, 3.8) is 0 Å². The van der Waals surface area contributed by atoms with Crippen molar-refractivity contribution >= 4 is 15.9 Å². The lowest BCUT2D eigenvalue weighted by Crippen LogP contribution is -2.45. The summed E-state index contributed by atoms with van der Waals surface area (Å²) >= 11 is 0. The molecule has 0 aromatic heterocycles. The van der Waals surface area contributed by atoms with Gasteiger partial charge in [0.05, 0.1) is 6.26 Å². The molecule has 1 heterocycles. The third-order valence-corrected chi connectivity index (χ3v) is 4.94. The fourth-order valence-corrected chi connectivity index (χ4v) is 3.63. The molecule has 2 rings (SSSR count). The predicted molar refractivity (Wildman–Crippen MR) is 77.6 cm³/mol. The Balaban J connectivity index is 2.00. The van der Waals surface area contributed by atoms with Crippen molar-refractivity contribution in [1.29, 1.82) is 0 Å². The van der Waals surface area contributed by atoms with Crippen molar-refractivity contribution in [2.45, 2.75) is 32.4 Å². The molecule has 5 nitrogen and oxygen atoms in total. The molecule has 0 bridgehead atoms. The topological polar surface area (TPSA) is 66.5 Å². The first kappa shape index (κ1) is 15.0. The number of sulfonamides is 1. The van der Waals surface area contributed by atoms with Crippen molar-refractivity contribution in [3.05, 3.63) is 35.4 Å². The van der Waals surface area contributed by atoms with Crippen LogP contribution in [-0.2, 0) is 21.4 Å². The number of hydrogen-bond donors (Lipinski definition) is 1. The lowest BCUT2D eigenvalue weighted by atomic mass is 10.1. The van der Waals surface area contributed by atoms with Crippen molar-refractivity contribution in [3.8, 4) is 0 Å². The SMILES string of the molecule is Cc1ccccc1CNC(=O)C1CCCN1S(C)(=O)=O. The number of carbonyl (C=O) groups is 1.